The average Bonchev–Trinajstić information content (AvgIpc) is 3.52. The normalized spacial score (nSPS) is 11.7. The van der Waals surface area contributed by atoms with Crippen molar-refractivity contribution in [1.29, 1.82) is 0 Å². The Labute approximate surface area is 233 Å². The Morgan fingerprint density at radius 2 is 1.08 bits per heavy atom. The number of benzene rings is 6. The van der Waals surface area contributed by atoms with E-state index in [2.05, 4.69) is 142 Å². The lowest BCUT2D eigenvalue weighted by Gasteiger charge is -2.10. The van der Waals surface area contributed by atoms with Crippen LogP contribution in [0.3, 0.4) is 0 Å². The summed E-state index contributed by atoms with van der Waals surface area (Å²) in [5, 5.41) is 4.78. The van der Waals surface area contributed by atoms with Crippen LogP contribution in [0.1, 0.15) is 0 Å². The van der Waals surface area contributed by atoms with Crippen LogP contribution in [0.15, 0.2) is 142 Å². The molecule has 0 N–H and O–H groups in total. The highest BCUT2D eigenvalue weighted by atomic mass is 79.9. The summed E-state index contributed by atoms with van der Waals surface area (Å²) in [6.07, 6.45) is 0. The standard InChI is InChI=1S/C36H22BrNO/c37-27-15-18-36-32(22-27)31-20-25(14-17-35(31)39-36)23-7-6-8-24(19-23)26-13-16-30-29-11-4-5-12-33(29)38(34(30)21-26)28-9-2-1-3-10-28/h1-22H. The molecule has 0 bridgehead atoms. The highest BCUT2D eigenvalue weighted by Crippen LogP contribution is 2.37. The highest BCUT2D eigenvalue weighted by Gasteiger charge is 2.14. The molecule has 39 heavy (non-hydrogen) atoms. The summed E-state index contributed by atoms with van der Waals surface area (Å²) in [6, 6.07) is 47.5. The number of hydrogen-bond acceptors (Lipinski definition) is 1. The lowest BCUT2D eigenvalue weighted by Crippen LogP contribution is -1.93. The molecular weight excluding hydrogens is 542 g/mol. The van der Waals surface area contributed by atoms with Gasteiger partial charge in [0, 0.05) is 31.7 Å². The van der Waals surface area contributed by atoms with E-state index < -0.39 is 0 Å². The number of fused-ring (bicyclic) bond motifs is 6. The van der Waals surface area contributed by atoms with Crippen molar-refractivity contribution in [1.82, 2.24) is 4.57 Å². The van der Waals surface area contributed by atoms with Crippen molar-refractivity contribution in [3.8, 4) is 27.9 Å². The van der Waals surface area contributed by atoms with Gasteiger partial charge in [0.1, 0.15) is 11.2 Å². The van der Waals surface area contributed by atoms with E-state index in [4.69, 9.17) is 4.42 Å². The summed E-state index contributed by atoms with van der Waals surface area (Å²) in [7, 11) is 0. The van der Waals surface area contributed by atoms with Crippen LogP contribution in [0.25, 0.3) is 71.7 Å². The van der Waals surface area contributed by atoms with Gasteiger partial charge in [-0.25, -0.2) is 0 Å². The molecule has 0 saturated carbocycles. The maximum atomic E-state index is 6.08. The zero-order chi connectivity index (χ0) is 25.9. The molecule has 0 aliphatic rings. The topological polar surface area (TPSA) is 18.1 Å². The summed E-state index contributed by atoms with van der Waals surface area (Å²) in [5.41, 5.74) is 10.2. The van der Waals surface area contributed by atoms with E-state index in [1.165, 1.54) is 49.7 Å². The number of nitrogens with zero attached hydrogens (tertiary/aromatic N) is 1. The fourth-order valence-corrected chi connectivity index (χ4v) is 6.17. The Balaban J connectivity index is 1.29. The largest absolute Gasteiger partial charge is 0.456 e. The third kappa shape index (κ3) is 3.62. The van der Waals surface area contributed by atoms with Gasteiger partial charge in [0.25, 0.3) is 0 Å². The van der Waals surface area contributed by atoms with Crippen LogP contribution in [0, 0.1) is 0 Å². The third-order valence-corrected chi connectivity index (χ3v) is 8.14. The highest BCUT2D eigenvalue weighted by molar-refractivity contribution is 9.10. The molecule has 2 heterocycles. The second-order valence-electron chi connectivity index (χ2n) is 9.95. The summed E-state index contributed by atoms with van der Waals surface area (Å²) in [4.78, 5) is 0. The van der Waals surface area contributed by atoms with Crippen molar-refractivity contribution in [3.05, 3.63) is 138 Å². The van der Waals surface area contributed by atoms with Gasteiger partial charge in [-0.1, -0.05) is 88.7 Å². The van der Waals surface area contributed by atoms with Gasteiger partial charge in [-0.15, -0.1) is 0 Å². The van der Waals surface area contributed by atoms with Crippen LogP contribution in [0.2, 0.25) is 0 Å². The average molecular weight is 564 g/mol. The van der Waals surface area contributed by atoms with Crippen LogP contribution in [0.4, 0.5) is 0 Å². The monoisotopic (exact) mass is 563 g/mol. The molecule has 6 aromatic carbocycles. The number of para-hydroxylation sites is 2. The van der Waals surface area contributed by atoms with Crippen molar-refractivity contribution in [2.75, 3.05) is 0 Å². The first-order valence-corrected chi connectivity index (χ1v) is 13.8. The van der Waals surface area contributed by atoms with E-state index in [1.54, 1.807) is 0 Å². The van der Waals surface area contributed by atoms with E-state index >= 15 is 0 Å². The SMILES string of the molecule is Brc1ccc2oc3ccc(-c4cccc(-c5ccc6c7ccccc7n(-c7ccccc7)c6c5)c4)cc3c2c1. The number of rotatable bonds is 3. The Bertz CT molecular complexity index is 2190. The van der Waals surface area contributed by atoms with Crippen molar-refractivity contribution in [3.63, 3.8) is 0 Å². The van der Waals surface area contributed by atoms with Crippen molar-refractivity contribution in [2.45, 2.75) is 0 Å². The van der Waals surface area contributed by atoms with Gasteiger partial charge in [0.05, 0.1) is 11.0 Å². The van der Waals surface area contributed by atoms with Gasteiger partial charge in [-0.05, 0) is 82.9 Å². The molecule has 0 unspecified atom stereocenters. The van der Waals surface area contributed by atoms with Crippen molar-refractivity contribution >= 4 is 59.7 Å². The Kier molecular flexibility index (Phi) is 5.01. The first-order valence-electron chi connectivity index (χ1n) is 13.0. The minimum Gasteiger partial charge on any atom is -0.456 e. The molecule has 0 saturated heterocycles. The first kappa shape index (κ1) is 22.4. The van der Waals surface area contributed by atoms with Gasteiger partial charge in [-0.3, -0.25) is 0 Å². The van der Waals surface area contributed by atoms with Crippen LogP contribution < -0.4 is 0 Å². The number of halogens is 1. The molecule has 0 aliphatic carbocycles. The fraction of sp³-hybridized carbons (Fsp3) is 0. The van der Waals surface area contributed by atoms with Crippen LogP contribution >= 0.6 is 15.9 Å². The minimum atomic E-state index is 0.904. The second kappa shape index (κ2) is 8.72. The molecule has 8 rings (SSSR count). The number of hydrogen-bond donors (Lipinski definition) is 0. The number of furan rings is 1. The Morgan fingerprint density at radius 3 is 1.92 bits per heavy atom. The summed E-state index contributed by atoms with van der Waals surface area (Å²) < 4.78 is 9.50. The van der Waals surface area contributed by atoms with E-state index in [1.807, 2.05) is 12.1 Å². The Hall–Kier alpha value is -4.60. The maximum Gasteiger partial charge on any atom is 0.135 e. The van der Waals surface area contributed by atoms with Gasteiger partial charge >= 0.3 is 0 Å². The molecule has 0 aliphatic heterocycles. The molecule has 184 valence electrons. The summed E-state index contributed by atoms with van der Waals surface area (Å²) >= 11 is 3.61. The summed E-state index contributed by atoms with van der Waals surface area (Å²) in [5.74, 6) is 0. The van der Waals surface area contributed by atoms with Crippen molar-refractivity contribution < 1.29 is 4.42 Å². The predicted molar refractivity (Wildman–Crippen MR) is 167 cm³/mol. The zero-order valence-corrected chi connectivity index (χ0v) is 22.5. The van der Waals surface area contributed by atoms with Crippen LogP contribution in [-0.2, 0) is 0 Å². The minimum absolute atomic E-state index is 0.904. The van der Waals surface area contributed by atoms with E-state index in [0.29, 0.717) is 0 Å². The quantitative estimate of drug-likeness (QED) is 0.209. The summed E-state index contributed by atoms with van der Waals surface area (Å²) in [6.45, 7) is 0. The first-order chi connectivity index (χ1) is 19.2. The smallest absolute Gasteiger partial charge is 0.135 e. The predicted octanol–water partition coefficient (Wildman–Crippen LogP) is 10.8. The lowest BCUT2D eigenvalue weighted by atomic mass is 9.97. The molecule has 2 nitrogen and oxygen atoms in total. The molecule has 2 aromatic heterocycles. The molecule has 0 amide bonds. The zero-order valence-electron chi connectivity index (χ0n) is 20.9. The van der Waals surface area contributed by atoms with E-state index in [-0.39, 0.29) is 0 Å². The van der Waals surface area contributed by atoms with Gasteiger partial charge < -0.3 is 8.98 Å². The molecule has 8 aromatic rings. The maximum absolute atomic E-state index is 6.08. The molecule has 0 fully saturated rings. The molecule has 3 heteroatoms. The van der Waals surface area contributed by atoms with E-state index in [0.717, 1.165) is 26.4 Å². The van der Waals surface area contributed by atoms with Crippen molar-refractivity contribution in [2.24, 2.45) is 0 Å². The van der Waals surface area contributed by atoms with Gasteiger partial charge in [-0.2, -0.15) is 0 Å². The third-order valence-electron chi connectivity index (χ3n) is 7.65. The number of aromatic nitrogens is 1. The fourth-order valence-electron chi connectivity index (χ4n) is 5.81. The van der Waals surface area contributed by atoms with Gasteiger partial charge in [0.15, 0.2) is 0 Å². The molecule has 0 spiro atoms. The van der Waals surface area contributed by atoms with E-state index in [9.17, 15) is 0 Å². The molecule has 0 atom stereocenters. The van der Waals surface area contributed by atoms with Crippen LogP contribution in [0.5, 0.6) is 0 Å². The van der Waals surface area contributed by atoms with Crippen LogP contribution in [-0.4, -0.2) is 4.57 Å². The molecular formula is C36H22BrNO. The Morgan fingerprint density at radius 1 is 0.436 bits per heavy atom. The second-order valence-corrected chi connectivity index (χ2v) is 10.9. The van der Waals surface area contributed by atoms with Gasteiger partial charge in [0.2, 0.25) is 0 Å². The lowest BCUT2D eigenvalue weighted by molar-refractivity contribution is 0.669. The molecule has 0 radical (unpaired) electrons.